The highest BCUT2D eigenvalue weighted by atomic mass is 16.5. The summed E-state index contributed by atoms with van der Waals surface area (Å²) >= 11 is 0. The number of aryl methyl sites for hydroxylation is 3. The molecule has 0 radical (unpaired) electrons. The van der Waals surface area contributed by atoms with Gasteiger partial charge in [-0.05, 0) is 44.4 Å². The molecule has 0 atom stereocenters. The van der Waals surface area contributed by atoms with Crippen LogP contribution in [0.2, 0.25) is 0 Å². The van der Waals surface area contributed by atoms with Crippen molar-refractivity contribution >= 4 is 22.8 Å². The Morgan fingerprint density at radius 3 is 2.78 bits per heavy atom. The number of nitrogens with one attached hydrogen (secondary N) is 1. The second kappa shape index (κ2) is 5.91. The van der Waals surface area contributed by atoms with Gasteiger partial charge in [0.15, 0.2) is 0 Å². The number of aromatic nitrogens is 1. The molecule has 0 saturated carbocycles. The van der Waals surface area contributed by atoms with Gasteiger partial charge in [-0.15, -0.1) is 0 Å². The summed E-state index contributed by atoms with van der Waals surface area (Å²) in [6.45, 7) is 7.93. The Morgan fingerprint density at radius 2 is 2.04 bits per heavy atom. The zero-order chi connectivity index (χ0) is 16.6. The first-order valence-corrected chi connectivity index (χ1v) is 7.72. The van der Waals surface area contributed by atoms with Crippen LogP contribution in [0.3, 0.4) is 0 Å². The predicted octanol–water partition coefficient (Wildman–Crippen LogP) is 4.09. The normalized spacial score (nSPS) is 11.1. The molecule has 1 aromatic carbocycles. The molecule has 2 heterocycles. The molecule has 0 aliphatic carbocycles. The van der Waals surface area contributed by atoms with Gasteiger partial charge in [0.1, 0.15) is 5.58 Å². The molecule has 0 aliphatic rings. The molecular weight excluding hydrogens is 292 g/mol. The summed E-state index contributed by atoms with van der Waals surface area (Å²) in [5, 5.41) is 7.72. The molecule has 1 N–H and O–H groups in total. The second-order valence-electron chi connectivity index (χ2n) is 5.87. The molecule has 0 unspecified atom stereocenters. The van der Waals surface area contributed by atoms with Crippen LogP contribution in [0.1, 0.15) is 34.9 Å². The zero-order valence-corrected chi connectivity index (χ0v) is 13.8. The Morgan fingerprint density at radius 1 is 1.26 bits per heavy atom. The molecule has 2 aromatic heterocycles. The lowest BCUT2D eigenvalue weighted by molar-refractivity contribution is -0.115. The quantitative estimate of drug-likeness (QED) is 0.788. The van der Waals surface area contributed by atoms with Crippen LogP contribution in [0.15, 0.2) is 27.3 Å². The van der Waals surface area contributed by atoms with Crippen molar-refractivity contribution in [1.29, 1.82) is 0 Å². The van der Waals surface area contributed by atoms with Crippen LogP contribution in [-0.4, -0.2) is 11.1 Å². The lowest BCUT2D eigenvalue weighted by Crippen LogP contribution is -2.14. The van der Waals surface area contributed by atoms with E-state index in [1.54, 1.807) is 6.26 Å². The number of hydrogen-bond acceptors (Lipinski definition) is 4. The fourth-order valence-corrected chi connectivity index (χ4v) is 3.00. The van der Waals surface area contributed by atoms with Gasteiger partial charge in [-0.3, -0.25) is 10.1 Å². The third-order valence-corrected chi connectivity index (χ3v) is 4.04. The number of amides is 1. The van der Waals surface area contributed by atoms with Crippen molar-refractivity contribution in [3.05, 3.63) is 46.3 Å². The van der Waals surface area contributed by atoms with Gasteiger partial charge in [-0.1, -0.05) is 18.1 Å². The molecule has 0 fully saturated rings. The largest absolute Gasteiger partial charge is 0.464 e. The Hall–Kier alpha value is -2.56. The highest BCUT2D eigenvalue weighted by molar-refractivity contribution is 5.95. The fourth-order valence-electron chi connectivity index (χ4n) is 3.00. The molecule has 0 bridgehead atoms. The van der Waals surface area contributed by atoms with E-state index in [4.69, 9.17) is 8.94 Å². The van der Waals surface area contributed by atoms with Crippen molar-refractivity contribution in [1.82, 2.24) is 5.16 Å². The van der Waals surface area contributed by atoms with E-state index in [1.807, 2.05) is 33.8 Å². The number of furan rings is 1. The minimum atomic E-state index is -0.140. The van der Waals surface area contributed by atoms with Crippen molar-refractivity contribution in [2.75, 3.05) is 5.32 Å². The number of carbonyl (C=O) groups is 1. The molecule has 23 heavy (non-hydrogen) atoms. The van der Waals surface area contributed by atoms with Crippen molar-refractivity contribution < 1.29 is 13.7 Å². The molecule has 3 rings (SSSR count). The first-order valence-electron chi connectivity index (χ1n) is 7.72. The number of anilines is 1. The monoisotopic (exact) mass is 312 g/mol. The van der Waals surface area contributed by atoms with E-state index in [1.165, 1.54) is 0 Å². The molecule has 5 heteroatoms. The fraction of sp³-hybridized carbons (Fsp3) is 0.333. The van der Waals surface area contributed by atoms with Crippen molar-refractivity contribution in [2.24, 2.45) is 0 Å². The summed E-state index contributed by atoms with van der Waals surface area (Å²) in [5.74, 6) is 0.300. The van der Waals surface area contributed by atoms with Gasteiger partial charge in [0.2, 0.25) is 11.8 Å². The summed E-state index contributed by atoms with van der Waals surface area (Å²) in [7, 11) is 0. The second-order valence-corrected chi connectivity index (χ2v) is 5.87. The van der Waals surface area contributed by atoms with Gasteiger partial charge in [-0.2, -0.15) is 0 Å². The van der Waals surface area contributed by atoms with Gasteiger partial charge in [-0.25, -0.2) is 0 Å². The van der Waals surface area contributed by atoms with Crippen LogP contribution in [-0.2, 0) is 17.6 Å². The van der Waals surface area contributed by atoms with E-state index in [0.717, 1.165) is 45.3 Å². The Labute approximate surface area is 134 Å². The molecule has 120 valence electrons. The van der Waals surface area contributed by atoms with Gasteiger partial charge >= 0.3 is 0 Å². The molecule has 0 saturated heterocycles. The van der Waals surface area contributed by atoms with Gasteiger partial charge in [0.25, 0.3) is 0 Å². The van der Waals surface area contributed by atoms with Crippen molar-refractivity contribution in [2.45, 2.75) is 40.5 Å². The smallest absolute Gasteiger partial charge is 0.234 e. The SMILES string of the molecule is CCc1c(C)noc1NC(=O)Cc1coc2cc(C)cc(C)c12. The maximum Gasteiger partial charge on any atom is 0.234 e. The third kappa shape index (κ3) is 2.86. The molecule has 3 aromatic rings. The number of rotatable bonds is 4. The Kier molecular flexibility index (Phi) is 3.94. The molecular formula is C18H20N2O3. The lowest BCUT2D eigenvalue weighted by atomic mass is 10.0. The van der Waals surface area contributed by atoms with E-state index in [0.29, 0.717) is 5.88 Å². The van der Waals surface area contributed by atoms with E-state index in [9.17, 15) is 4.79 Å². The molecule has 0 aliphatic heterocycles. The first-order chi connectivity index (χ1) is 11.0. The average Bonchev–Trinajstić information content (AvgIpc) is 3.03. The molecule has 0 spiro atoms. The Bertz CT molecular complexity index is 874. The summed E-state index contributed by atoms with van der Waals surface area (Å²) in [5.41, 5.74) is 5.69. The lowest BCUT2D eigenvalue weighted by Gasteiger charge is -2.04. The highest BCUT2D eigenvalue weighted by Crippen LogP contribution is 2.27. The highest BCUT2D eigenvalue weighted by Gasteiger charge is 2.17. The standard InChI is InChI=1S/C18H20N2O3/c1-5-14-12(4)20-23-18(14)19-16(21)8-13-9-22-15-7-10(2)6-11(3)17(13)15/h6-7,9H,5,8H2,1-4H3,(H,19,21). The minimum Gasteiger partial charge on any atom is -0.464 e. The topological polar surface area (TPSA) is 68.3 Å². The first kappa shape index (κ1) is 15.3. The number of hydrogen-bond donors (Lipinski definition) is 1. The van der Waals surface area contributed by atoms with Crippen LogP contribution in [0.5, 0.6) is 0 Å². The number of nitrogens with zero attached hydrogens (tertiary/aromatic N) is 1. The summed E-state index contributed by atoms with van der Waals surface area (Å²) < 4.78 is 10.8. The maximum absolute atomic E-state index is 12.3. The summed E-state index contributed by atoms with van der Waals surface area (Å²) in [6.07, 6.45) is 2.65. The molecule has 1 amide bonds. The summed E-state index contributed by atoms with van der Waals surface area (Å²) in [4.78, 5) is 12.3. The van der Waals surface area contributed by atoms with Crippen LogP contribution in [0.25, 0.3) is 11.0 Å². The molecule has 5 nitrogen and oxygen atoms in total. The zero-order valence-electron chi connectivity index (χ0n) is 13.8. The van der Waals surface area contributed by atoms with Crippen LogP contribution >= 0.6 is 0 Å². The van der Waals surface area contributed by atoms with E-state index >= 15 is 0 Å². The summed E-state index contributed by atoms with van der Waals surface area (Å²) in [6, 6.07) is 4.08. The maximum atomic E-state index is 12.3. The van der Waals surface area contributed by atoms with Gasteiger partial charge in [0.05, 0.1) is 18.4 Å². The van der Waals surface area contributed by atoms with E-state index in [2.05, 4.69) is 16.5 Å². The van der Waals surface area contributed by atoms with Crippen LogP contribution in [0.4, 0.5) is 5.88 Å². The van der Waals surface area contributed by atoms with Crippen molar-refractivity contribution in [3.63, 3.8) is 0 Å². The Balaban J connectivity index is 1.83. The van der Waals surface area contributed by atoms with Crippen LogP contribution < -0.4 is 5.32 Å². The number of carbonyl (C=O) groups excluding carboxylic acids is 1. The predicted molar refractivity (Wildman–Crippen MR) is 88.6 cm³/mol. The van der Waals surface area contributed by atoms with E-state index in [-0.39, 0.29) is 12.3 Å². The number of fused-ring (bicyclic) bond motifs is 1. The number of benzene rings is 1. The minimum absolute atomic E-state index is 0.140. The van der Waals surface area contributed by atoms with Gasteiger partial charge < -0.3 is 8.94 Å². The third-order valence-electron chi connectivity index (χ3n) is 4.04. The van der Waals surface area contributed by atoms with Crippen LogP contribution in [0, 0.1) is 20.8 Å². The van der Waals surface area contributed by atoms with Gasteiger partial charge in [0, 0.05) is 16.5 Å². The van der Waals surface area contributed by atoms with Crippen molar-refractivity contribution in [3.8, 4) is 0 Å². The average molecular weight is 312 g/mol. The van der Waals surface area contributed by atoms with E-state index < -0.39 is 0 Å².